The smallest absolute Gasteiger partial charge is 0.274 e. The van der Waals surface area contributed by atoms with E-state index in [4.69, 9.17) is 0 Å². The van der Waals surface area contributed by atoms with E-state index in [1.165, 1.54) is 0 Å². The van der Waals surface area contributed by atoms with Crippen LogP contribution in [0.5, 0.6) is 0 Å². The first-order chi connectivity index (χ1) is 5.41. The van der Waals surface area contributed by atoms with Crippen LogP contribution in [0.4, 0.5) is 0 Å². The van der Waals surface area contributed by atoms with E-state index >= 15 is 0 Å². The van der Waals surface area contributed by atoms with E-state index in [0.717, 1.165) is 0 Å². The number of hydrogen-bond acceptors (Lipinski definition) is 3. The molecule has 1 aliphatic heterocycles. The minimum Gasteiger partial charge on any atom is -0.550 e. The second-order valence-electron chi connectivity index (χ2n) is 3.62. The molecule has 0 bridgehead atoms. The highest BCUT2D eigenvalue weighted by Crippen LogP contribution is 2.14. The molecule has 5 heteroatoms. The largest absolute Gasteiger partial charge is 0.550 e. The normalized spacial score (nSPS) is 26.8. The second-order valence-corrected chi connectivity index (χ2v) is 3.62. The molecule has 1 heterocycles. The first kappa shape index (κ1) is 8.99. The first-order valence-electron chi connectivity index (χ1n) is 3.76. The molecule has 0 aromatic rings. The fourth-order valence-corrected chi connectivity index (χ4v) is 1.43. The molecule has 1 rings (SSSR count). The van der Waals surface area contributed by atoms with E-state index in [9.17, 15) is 14.7 Å². The monoisotopic (exact) mass is 172 g/mol. The molecule has 12 heavy (non-hydrogen) atoms. The molecule has 0 aromatic heterocycles. The Kier molecular flexibility index (Phi) is 2.06. The van der Waals surface area contributed by atoms with Crippen LogP contribution >= 0.6 is 0 Å². The fraction of sp³-hybridized carbons (Fsp3) is 0.714. The SMILES string of the molecule is C[N+]1(C)CC(CC(=O)[O-])C(=O)N1. The van der Waals surface area contributed by atoms with Crippen LogP contribution in [0.15, 0.2) is 0 Å². The molecule has 1 saturated heterocycles. The van der Waals surface area contributed by atoms with Gasteiger partial charge in [0, 0.05) is 12.4 Å². The molecule has 1 aliphatic rings. The van der Waals surface area contributed by atoms with E-state index in [-0.39, 0.29) is 12.3 Å². The zero-order valence-corrected chi connectivity index (χ0v) is 7.16. The number of carboxylic acid groups (broad SMARTS) is 1. The van der Waals surface area contributed by atoms with Gasteiger partial charge in [-0.1, -0.05) is 0 Å². The van der Waals surface area contributed by atoms with Crippen molar-refractivity contribution in [1.29, 1.82) is 0 Å². The lowest BCUT2D eigenvalue weighted by Gasteiger charge is -2.20. The Hall–Kier alpha value is -1.10. The minimum absolute atomic E-state index is 0.187. The average Bonchev–Trinajstić information content (AvgIpc) is 2.03. The highest BCUT2D eigenvalue weighted by molar-refractivity contribution is 5.83. The number of carbonyl (C=O) groups is 2. The van der Waals surface area contributed by atoms with E-state index in [1.54, 1.807) is 0 Å². The highest BCUT2D eigenvalue weighted by Gasteiger charge is 2.38. The lowest BCUT2D eigenvalue weighted by molar-refractivity contribution is -0.917. The minimum atomic E-state index is -1.17. The third-order valence-electron chi connectivity index (χ3n) is 1.87. The summed E-state index contributed by atoms with van der Waals surface area (Å²) in [5, 5.41) is 10.2. The van der Waals surface area contributed by atoms with Crippen LogP contribution < -0.4 is 10.5 Å². The van der Waals surface area contributed by atoms with E-state index in [0.29, 0.717) is 11.1 Å². The van der Waals surface area contributed by atoms with Gasteiger partial charge in [0.15, 0.2) is 0 Å². The molecule has 0 spiro atoms. The number of rotatable bonds is 2. The zero-order valence-electron chi connectivity index (χ0n) is 7.16. The number of carbonyl (C=O) groups excluding carboxylic acids is 2. The highest BCUT2D eigenvalue weighted by atomic mass is 16.4. The third-order valence-corrected chi connectivity index (χ3v) is 1.87. The first-order valence-corrected chi connectivity index (χ1v) is 3.76. The lowest BCUT2D eigenvalue weighted by atomic mass is 10.1. The van der Waals surface area contributed by atoms with Gasteiger partial charge in [-0.2, -0.15) is 0 Å². The summed E-state index contributed by atoms with van der Waals surface area (Å²) in [7, 11) is 3.63. The summed E-state index contributed by atoms with van der Waals surface area (Å²) in [6, 6.07) is 0. The van der Waals surface area contributed by atoms with Gasteiger partial charge in [-0.3, -0.25) is 4.79 Å². The van der Waals surface area contributed by atoms with Crippen molar-refractivity contribution in [1.82, 2.24) is 5.43 Å². The Bertz CT molecular complexity index is 225. The topological polar surface area (TPSA) is 69.2 Å². The summed E-state index contributed by atoms with van der Waals surface area (Å²) >= 11 is 0. The average molecular weight is 172 g/mol. The van der Waals surface area contributed by atoms with Crippen molar-refractivity contribution >= 4 is 11.9 Å². The van der Waals surface area contributed by atoms with Crippen molar-refractivity contribution in [2.45, 2.75) is 6.42 Å². The van der Waals surface area contributed by atoms with Crippen LogP contribution in [0, 0.1) is 5.92 Å². The van der Waals surface area contributed by atoms with Crippen LogP contribution in [0.25, 0.3) is 0 Å². The quantitative estimate of drug-likeness (QED) is 0.483. The summed E-state index contributed by atoms with van der Waals surface area (Å²) in [6.45, 7) is 0.507. The van der Waals surface area contributed by atoms with E-state index in [2.05, 4.69) is 5.43 Å². The van der Waals surface area contributed by atoms with Crippen LogP contribution in [-0.2, 0) is 9.59 Å². The number of carboxylic acids is 1. The van der Waals surface area contributed by atoms with E-state index < -0.39 is 11.9 Å². The van der Waals surface area contributed by atoms with Gasteiger partial charge < -0.3 is 9.90 Å². The number of nitrogens with zero attached hydrogens (tertiary/aromatic N) is 1. The van der Waals surface area contributed by atoms with Crippen LogP contribution in [0.1, 0.15) is 6.42 Å². The number of aliphatic carboxylic acids is 1. The lowest BCUT2D eigenvalue weighted by Crippen LogP contribution is -2.47. The number of nitrogens with one attached hydrogen (secondary N) is 1. The maximum absolute atomic E-state index is 11.1. The van der Waals surface area contributed by atoms with Gasteiger partial charge in [-0.05, 0) is 0 Å². The third kappa shape index (κ3) is 1.94. The Morgan fingerprint density at radius 3 is 2.67 bits per heavy atom. The summed E-state index contributed by atoms with van der Waals surface area (Å²) in [6.07, 6.45) is -0.187. The standard InChI is InChI=1S/C7H12N2O3/c1-9(2)4-5(3-6(10)11)7(12)8-9/h5H,3-4H2,1-2H3,(H-,8,10,11,12). The van der Waals surface area contributed by atoms with E-state index in [1.807, 2.05) is 14.1 Å². The maximum Gasteiger partial charge on any atom is 0.274 e. The van der Waals surface area contributed by atoms with Gasteiger partial charge in [-0.25, -0.2) is 10.0 Å². The second kappa shape index (κ2) is 2.75. The number of quaternary nitrogens is 1. The van der Waals surface area contributed by atoms with Gasteiger partial charge >= 0.3 is 0 Å². The molecule has 0 aliphatic carbocycles. The molecular weight excluding hydrogens is 160 g/mol. The summed E-state index contributed by atoms with van der Waals surface area (Å²) < 4.78 is 0.344. The van der Waals surface area contributed by atoms with Gasteiger partial charge in [-0.15, -0.1) is 0 Å². The molecule has 0 saturated carbocycles. The Labute approximate surface area is 70.5 Å². The summed E-state index contributed by atoms with van der Waals surface area (Å²) in [5.74, 6) is -1.81. The summed E-state index contributed by atoms with van der Waals surface area (Å²) in [4.78, 5) is 21.3. The van der Waals surface area contributed by atoms with Gasteiger partial charge in [0.2, 0.25) is 0 Å². The van der Waals surface area contributed by atoms with Crippen molar-refractivity contribution in [3.05, 3.63) is 0 Å². The van der Waals surface area contributed by atoms with Crippen LogP contribution in [-0.4, -0.2) is 37.1 Å². The molecule has 0 radical (unpaired) electrons. The number of hydrogen-bond donors (Lipinski definition) is 1. The molecule has 5 nitrogen and oxygen atoms in total. The van der Waals surface area contributed by atoms with Gasteiger partial charge in [0.1, 0.15) is 6.54 Å². The Morgan fingerprint density at radius 2 is 2.33 bits per heavy atom. The predicted octanol–water partition coefficient (Wildman–Crippen LogP) is -2.14. The molecule has 1 N–H and O–H groups in total. The molecule has 68 valence electrons. The Balaban J connectivity index is 2.58. The van der Waals surface area contributed by atoms with Crippen molar-refractivity contribution < 1.29 is 19.3 Å². The molecule has 0 aromatic carbocycles. The van der Waals surface area contributed by atoms with Crippen LogP contribution in [0.2, 0.25) is 0 Å². The van der Waals surface area contributed by atoms with Gasteiger partial charge in [0.05, 0.1) is 20.0 Å². The maximum atomic E-state index is 11.1. The predicted molar refractivity (Wildman–Crippen MR) is 38.2 cm³/mol. The molecule has 1 amide bonds. The Morgan fingerprint density at radius 1 is 1.75 bits per heavy atom. The van der Waals surface area contributed by atoms with Crippen molar-refractivity contribution in [2.75, 3.05) is 20.6 Å². The van der Waals surface area contributed by atoms with Crippen LogP contribution in [0.3, 0.4) is 0 Å². The fourth-order valence-electron chi connectivity index (χ4n) is 1.43. The molecular formula is C7H12N2O3. The van der Waals surface area contributed by atoms with Crippen molar-refractivity contribution in [2.24, 2.45) is 5.92 Å². The van der Waals surface area contributed by atoms with Crippen molar-refractivity contribution in [3.63, 3.8) is 0 Å². The zero-order chi connectivity index (χ0) is 9.35. The molecule has 1 fully saturated rings. The molecule has 1 atom stereocenters. The summed E-state index contributed by atoms with van der Waals surface area (Å²) in [5.41, 5.74) is 2.66. The van der Waals surface area contributed by atoms with Crippen molar-refractivity contribution in [3.8, 4) is 0 Å². The van der Waals surface area contributed by atoms with Gasteiger partial charge in [0.25, 0.3) is 5.91 Å². The molecule has 1 unspecified atom stereocenters. The number of amides is 1.